The second kappa shape index (κ2) is 7.33. The lowest BCUT2D eigenvalue weighted by atomic mass is 10.2. The molecule has 0 bridgehead atoms. The molecular formula is C12H21NO5. The molecule has 1 heterocycles. The predicted molar refractivity (Wildman–Crippen MR) is 64.0 cm³/mol. The topological polar surface area (TPSA) is 65.1 Å². The van der Waals surface area contributed by atoms with Gasteiger partial charge < -0.3 is 19.1 Å². The second-order valence-electron chi connectivity index (χ2n) is 4.30. The molecule has 1 atom stereocenters. The maximum Gasteiger partial charge on any atom is 0.325 e. The highest BCUT2D eigenvalue weighted by molar-refractivity contribution is 5.85. The molecule has 1 unspecified atom stereocenters. The third-order valence-corrected chi connectivity index (χ3v) is 2.60. The molecule has 0 aromatic carbocycles. The average Bonchev–Trinajstić information content (AvgIpc) is 2.36. The molecule has 0 aromatic rings. The van der Waals surface area contributed by atoms with E-state index in [-0.39, 0.29) is 25.1 Å². The maximum absolute atomic E-state index is 12.2. The molecule has 1 fully saturated rings. The van der Waals surface area contributed by atoms with Crippen LogP contribution in [0.2, 0.25) is 0 Å². The van der Waals surface area contributed by atoms with Crippen molar-refractivity contribution in [3.63, 3.8) is 0 Å². The first kappa shape index (κ1) is 14.9. The van der Waals surface area contributed by atoms with Gasteiger partial charge in [-0.15, -0.1) is 0 Å². The minimum atomic E-state index is -0.615. The molecule has 6 nitrogen and oxygen atoms in total. The van der Waals surface area contributed by atoms with Crippen LogP contribution in [0.5, 0.6) is 0 Å². The minimum Gasteiger partial charge on any atom is -0.465 e. The third-order valence-electron chi connectivity index (χ3n) is 2.60. The summed E-state index contributed by atoms with van der Waals surface area (Å²) in [7, 11) is 0. The summed E-state index contributed by atoms with van der Waals surface area (Å²) in [4.78, 5) is 25.1. The van der Waals surface area contributed by atoms with E-state index in [1.165, 1.54) is 4.90 Å². The summed E-state index contributed by atoms with van der Waals surface area (Å²) < 4.78 is 15.4. The van der Waals surface area contributed by atoms with E-state index < -0.39 is 12.1 Å². The molecule has 6 heteroatoms. The molecule has 18 heavy (non-hydrogen) atoms. The Morgan fingerprint density at radius 2 is 2.11 bits per heavy atom. The Kier molecular flexibility index (Phi) is 6.07. The number of nitrogens with zero attached hydrogens (tertiary/aromatic N) is 1. The van der Waals surface area contributed by atoms with E-state index in [1.54, 1.807) is 6.92 Å². The van der Waals surface area contributed by atoms with Crippen molar-refractivity contribution in [2.45, 2.75) is 32.9 Å². The molecule has 1 saturated heterocycles. The van der Waals surface area contributed by atoms with Crippen molar-refractivity contribution in [2.75, 3.05) is 33.0 Å². The van der Waals surface area contributed by atoms with E-state index in [0.717, 1.165) is 0 Å². The Morgan fingerprint density at radius 1 is 1.39 bits per heavy atom. The summed E-state index contributed by atoms with van der Waals surface area (Å²) in [5.41, 5.74) is 0. The van der Waals surface area contributed by atoms with Crippen LogP contribution in [0.3, 0.4) is 0 Å². The molecule has 0 spiro atoms. The molecular weight excluding hydrogens is 238 g/mol. The van der Waals surface area contributed by atoms with E-state index in [1.807, 2.05) is 13.8 Å². The number of hydrogen-bond donors (Lipinski definition) is 0. The summed E-state index contributed by atoms with van der Waals surface area (Å²) in [6, 6.07) is -0.0903. The fraction of sp³-hybridized carbons (Fsp3) is 0.833. The van der Waals surface area contributed by atoms with Crippen LogP contribution in [-0.2, 0) is 23.8 Å². The largest absolute Gasteiger partial charge is 0.465 e. The fourth-order valence-electron chi connectivity index (χ4n) is 1.68. The lowest BCUT2D eigenvalue weighted by Crippen LogP contribution is -2.50. The van der Waals surface area contributed by atoms with Crippen LogP contribution in [-0.4, -0.2) is 61.9 Å². The highest BCUT2D eigenvalue weighted by Gasteiger charge is 2.30. The highest BCUT2D eigenvalue weighted by Crippen LogP contribution is 2.09. The molecule has 1 aliphatic heterocycles. The van der Waals surface area contributed by atoms with Gasteiger partial charge in [0.15, 0.2) is 6.10 Å². The van der Waals surface area contributed by atoms with Gasteiger partial charge in [0.2, 0.25) is 0 Å². The Hall–Kier alpha value is -1.14. The Labute approximate surface area is 107 Å². The van der Waals surface area contributed by atoms with Crippen LogP contribution in [0.15, 0.2) is 0 Å². The van der Waals surface area contributed by atoms with Gasteiger partial charge in [-0.05, 0) is 20.8 Å². The van der Waals surface area contributed by atoms with Gasteiger partial charge in [-0.3, -0.25) is 9.59 Å². The van der Waals surface area contributed by atoms with E-state index in [0.29, 0.717) is 19.8 Å². The average molecular weight is 259 g/mol. The SMILES string of the molecule is CCOC(=O)CN(C(=O)C1COCCO1)C(C)C. The second-order valence-corrected chi connectivity index (χ2v) is 4.30. The zero-order chi connectivity index (χ0) is 13.5. The summed E-state index contributed by atoms with van der Waals surface area (Å²) in [6.07, 6.45) is -0.615. The van der Waals surface area contributed by atoms with Crippen molar-refractivity contribution < 1.29 is 23.8 Å². The Balaban J connectivity index is 2.59. The van der Waals surface area contributed by atoms with Crippen LogP contribution in [0.4, 0.5) is 0 Å². The first-order valence-electron chi connectivity index (χ1n) is 6.21. The first-order valence-corrected chi connectivity index (χ1v) is 6.21. The smallest absolute Gasteiger partial charge is 0.325 e. The number of hydrogen-bond acceptors (Lipinski definition) is 5. The van der Waals surface area contributed by atoms with Gasteiger partial charge in [0.25, 0.3) is 5.91 Å². The van der Waals surface area contributed by atoms with Gasteiger partial charge in [0.1, 0.15) is 6.54 Å². The molecule has 1 amide bonds. The molecule has 1 rings (SSSR count). The molecule has 104 valence electrons. The van der Waals surface area contributed by atoms with Gasteiger partial charge in [-0.1, -0.05) is 0 Å². The standard InChI is InChI=1S/C12H21NO5/c1-4-17-11(14)7-13(9(2)3)12(15)10-8-16-5-6-18-10/h9-10H,4-8H2,1-3H3. The molecule has 0 aliphatic carbocycles. The third kappa shape index (κ3) is 4.27. The minimum absolute atomic E-state index is 0.0514. The molecule has 0 aromatic heterocycles. The lowest BCUT2D eigenvalue weighted by molar-refractivity contribution is -0.164. The van der Waals surface area contributed by atoms with Gasteiger partial charge in [0, 0.05) is 6.04 Å². The van der Waals surface area contributed by atoms with Crippen LogP contribution >= 0.6 is 0 Å². The van der Waals surface area contributed by atoms with E-state index >= 15 is 0 Å². The zero-order valence-electron chi connectivity index (χ0n) is 11.2. The number of ether oxygens (including phenoxy) is 3. The first-order chi connectivity index (χ1) is 8.56. The maximum atomic E-state index is 12.2. The Morgan fingerprint density at radius 3 is 2.61 bits per heavy atom. The number of carbonyl (C=O) groups excluding carboxylic acids is 2. The van der Waals surface area contributed by atoms with E-state index in [9.17, 15) is 9.59 Å². The molecule has 0 saturated carbocycles. The van der Waals surface area contributed by atoms with Crippen molar-refractivity contribution in [1.29, 1.82) is 0 Å². The van der Waals surface area contributed by atoms with Gasteiger partial charge in [0.05, 0.1) is 26.4 Å². The number of amides is 1. The van der Waals surface area contributed by atoms with E-state index in [4.69, 9.17) is 14.2 Å². The Bertz CT molecular complexity index is 286. The summed E-state index contributed by atoms with van der Waals surface area (Å²) in [5.74, 6) is -0.631. The number of rotatable bonds is 5. The van der Waals surface area contributed by atoms with Gasteiger partial charge in [-0.2, -0.15) is 0 Å². The quantitative estimate of drug-likeness (QED) is 0.660. The molecule has 0 N–H and O–H groups in total. The monoisotopic (exact) mass is 259 g/mol. The summed E-state index contributed by atoms with van der Waals surface area (Å²) in [6.45, 7) is 6.83. The summed E-state index contributed by atoms with van der Waals surface area (Å²) in [5, 5.41) is 0. The van der Waals surface area contributed by atoms with Crippen molar-refractivity contribution in [3.8, 4) is 0 Å². The van der Waals surface area contributed by atoms with Crippen molar-refractivity contribution in [1.82, 2.24) is 4.90 Å². The van der Waals surface area contributed by atoms with Gasteiger partial charge >= 0.3 is 5.97 Å². The van der Waals surface area contributed by atoms with Crippen molar-refractivity contribution >= 4 is 11.9 Å². The zero-order valence-corrected chi connectivity index (χ0v) is 11.2. The predicted octanol–water partition coefficient (Wildman–Crippen LogP) is 0.202. The van der Waals surface area contributed by atoms with E-state index in [2.05, 4.69) is 0 Å². The highest BCUT2D eigenvalue weighted by atomic mass is 16.6. The van der Waals surface area contributed by atoms with Crippen LogP contribution < -0.4 is 0 Å². The number of esters is 1. The fourth-order valence-corrected chi connectivity index (χ4v) is 1.68. The summed E-state index contributed by atoms with van der Waals surface area (Å²) >= 11 is 0. The normalized spacial score (nSPS) is 19.7. The van der Waals surface area contributed by atoms with Crippen LogP contribution in [0.25, 0.3) is 0 Å². The molecule has 1 aliphatic rings. The van der Waals surface area contributed by atoms with Crippen molar-refractivity contribution in [2.24, 2.45) is 0 Å². The van der Waals surface area contributed by atoms with Crippen LogP contribution in [0.1, 0.15) is 20.8 Å². The van der Waals surface area contributed by atoms with Crippen molar-refractivity contribution in [3.05, 3.63) is 0 Å². The lowest BCUT2D eigenvalue weighted by Gasteiger charge is -2.31. The number of carbonyl (C=O) groups is 2. The van der Waals surface area contributed by atoms with Gasteiger partial charge in [-0.25, -0.2) is 0 Å². The van der Waals surface area contributed by atoms with Crippen LogP contribution in [0, 0.1) is 0 Å². The molecule has 0 radical (unpaired) electrons.